The quantitative estimate of drug-likeness (QED) is 0.345. The number of anilines is 2. The Bertz CT molecular complexity index is 506. The molecule has 0 heterocycles. The Morgan fingerprint density at radius 2 is 1.61 bits per heavy atom. The lowest BCUT2D eigenvalue weighted by molar-refractivity contribution is 0.253. The average Bonchev–Trinajstić information content (AvgIpc) is 2.30. The molecule has 0 saturated heterocycles. The summed E-state index contributed by atoms with van der Waals surface area (Å²) in [7, 11) is 0. The number of halogens is 1. The number of benzene rings is 1. The van der Waals surface area contributed by atoms with E-state index in [4.69, 9.17) is 34.8 Å². The molecule has 0 aliphatic rings. The zero-order valence-electron chi connectivity index (χ0n) is 9.55. The minimum Gasteiger partial charge on any atom is -0.350 e. The molecule has 0 aliphatic heterocycles. The number of primary amides is 2. The first kappa shape index (κ1) is 14.0. The molecule has 8 nitrogen and oxygen atoms in total. The van der Waals surface area contributed by atoms with Crippen LogP contribution in [0.3, 0.4) is 0 Å². The first-order chi connectivity index (χ1) is 8.25. The Morgan fingerprint density at radius 1 is 1.11 bits per heavy atom. The predicted molar refractivity (Wildman–Crippen MR) is 68.7 cm³/mol. The molecule has 0 spiro atoms. The van der Waals surface area contributed by atoms with Crippen LogP contribution >= 0.6 is 11.6 Å². The van der Waals surface area contributed by atoms with Crippen molar-refractivity contribution >= 4 is 35.0 Å². The number of rotatable bonds is 2. The molecule has 0 unspecified atom stereocenters. The summed E-state index contributed by atoms with van der Waals surface area (Å²) < 4.78 is 0. The third kappa shape index (κ3) is 2.62. The summed E-state index contributed by atoms with van der Waals surface area (Å²) in [6.07, 6.45) is 0. The molecule has 1 rings (SSSR count). The van der Waals surface area contributed by atoms with E-state index in [9.17, 15) is 9.59 Å². The van der Waals surface area contributed by atoms with Crippen molar-refractivity contribution < 1.29 is 9.59 Å². The van der Waals surface area contributed by atoms with Crippen LogP contribution in [-0.4, -0.2) is 12.1 Å². The van der Waals surface area contributed by atoms with Gasteiger partial charge in [0.2, 0.25) is 0 Å². The van der Waals surface area contributed by atoms with Crippen LogP contribution in [0.5, 0.6) is 0 Å². The zero-order chi connectivity index (χ0) is 14.0. The van der Waals surface area contributed by atoms with E-state index < -0.39 is 12.1 Å². The Hall–Kier alpha value is -2.03. The molecule has 18 heavy (non-hydrogen) atoms. The number of nitrogens with two attached hydrogens (primary N) is 4. The fourth-order valence-corrected chi connectivity index (χ4v) is 1.49. The van der Waals surface area contributed by atoms with Crippen molar-refractivity contribution in [3.8, 4) is 0 Å². The van der Waals surface area contributed by atoms with Gasteiger partial charge in [0.15, 0.2) is 0 Å². The van der Waals surface area contributed by atoms with Crippen molar-refractivity contribution in [1.82, 2.24) is 0 Å². The maximum atomic E-state index is 11.0. The van der Waals surface area contributed by atoms with Gasteiger partial charge in [0, 0.05) is 5.02 Å². The molecule has 1 aromatic rings. The maximum Gasteiger partial charge on any atom is 0.333 e. The van der Waals surface area contributed by atoms with E-state index in [-0.39, 0.29) is 16.4 Å². The van der Waals surface area contributed by atoms with E-state index >= 15 is 0 Å². The van der Waals surface area contributed by atoms with Crippen molar-refractivity contribution in [1.29, 1.82) is 0 Å². The molecule has 0 fully saturated rings. The molecule has 9 heteroatoms. The SMILES string of the molecule is Cc1c(Cl)cc(N(N)C(N)=O)cc1N(N)C(N)=O. The minimum absolute atomic E-state index is 0.185. The fraction of sp³-hybridized carbons (Fsp3) is 0.111. The summed E-state index contributed by atoms with van der Waals surface area (Å²) in [5.41, 5.74) is 11.0. The normalized spacial score (nSPS) is 10.0. The zero-order valence-corrected chi connectivity index (χ0v) is 10.3. The molecule has 0 bridgehead atoms. The van der Waals surface area contributed by atoms with Crippen LogP contribution in [0, 0.1) is 6.92 Å². The molecule has 0 aliphatic carbocycles. The Labute approximate surface area is 108 Å². The number of hydrazine groups is 2. The molecule has 0 aromatic heterocycles. The molecule has 4 amide bonds. The van der Waals surface area contributed by atoms with Crippen LogP contribution in [0.2, 0.25) is 5.02 Å². The lowest BCUT2D eigenvalue weighted by atomic mass is 10.1. The predicted octanol–water partition coefficient (Wildman–Crippen LogP) is 0.166. The van der Waals surface area contributed by atoms with Gasteiger partial charge in [-0.3, -0.25) is 0 Å². The second kappa shape index (κ2) is 5.08. The highest BCUT2D eigenvalue weighted by molar-refractivity contribution is 6.32. The summed E-state index contributed by atoms with van der Waals surface area (Å²) in [6, 6.07) is 1.02. The van der Waals surface area contributed by atoms with Gasteiger partial charge < -0.3 is 11.5 Å². The van der Waals surface area contributed by atoms with Gasteiger partial charge in [-0.1, -0.05) is 11.6 Å². The van der Waals surface area contributed by atoms with Crippen molar-refractivity contribution in [3.05, 3.63) is 22.7 Å². The van der Waals surface area contributed by atoms with Gasteiger partial charge in [-0.05, 0) is 24.6 Å². The summed E-state index contributed by atoms with van der Waals surface area (Å²) in [5.74, 6) is 10.9. The van der Waals surface area contributed by atoms with E-state index in [1.165, 1.54) is 12.1 Å². The number of hydrogen-bond donors (Lipinski definition) is 4. The van der Waals surface area contributed by atoms with E-state index in [0.717, 1.165) is 0 Å². The van der Waals surface area contributed by atoms with Crippen LogP contribution in [-0.2, 0) is 0 Å². The second-order valence-electron chi connectivity index (χ2n) is 3.49. The average molecular weight is 273 g/mol. The van der Waals surface area contributed by atoms with E-state index in [1.807, 2.05) is 0 Å². The van der Waals surface area contributed by atoms with Crippen molar-refractivity contribution in [3.63, 3.8) is 0 Å². The Kier molecular flexibility index (Phi) is 3.96. The van der Waals surface area contributed by atoms with E-state index in [2.05, 4.69) is 0 Å². The van der Waals surface area contributed by atoms with Crippen molar-refractivity contribution in [2.75, 3.05) is 10.0 Å². The van der Waals surface area contributed by atoms with Crippen LogP contribution in [0.15, 0.2) is 12.1 Å². The highest BCUT2D eigenvalue weighted by Gasteiger charge is 2.17. The first-order valence-corrected chi connectivity index (χ1v) is 5.12. The largest absolute Gasteiger partial charge is 0.350 e. The molecule has 1 aromatic carbocycles. The van der Waals surface area contributed by atoms with Crippen LogP contribution in [0.25, 0.3) is 0 Å². The van der Waals surface area contributed by atoms with Crippen LogP contribution in [0.4, 0.5) is 21.0 Å². The van der Waals surface area contributed by atoms with E-state index in [1.54, 1.807) is 6.92 Å². The van der Waals surface area contributed by atoms with Crippen molar-refractivity contribution in [2.45, 2.75) is 6.92 Å². The smallest absolute Gasteiger partial charge is 0.333 e. The summed E-state index contributed by atoms with van der Waals surface area (Å²) in [5, 5.41) is 1.62. The lowest BCUT2D eigenvalue weighted by Crippen LogP contribution is -2.43. The van der Waals surface area contributed by atoms with Crippen LogP contribution < -0.4 is 33.2 Å². The molecular weight excluding hydrogens is 260 g/mol. The lowest BCUT2D eigenvalue weighted by Gasteiger charge is -2.21. The fourth-order valence-electron chi connectivity index (χ4n) is 1.29. The number of nitrogens with zero attached hydrogens (tertiary/aromatic N) is 2. The van der Waals surface area contributed by atoms with Gasteiger partial charge in [-0.15, -0.1) is 0 Å². The van der Waals surface area contributed by atoms with E-state index in [0.29, 0.717) is 15.6 Å². The van der Waals surface area contributed by atoms with Gasteiger partial charge >= 0.3 is 12.1 Å². The highest BCUT2D eigenvalue weighted by Crippen LogP contribution is 2.31. The number of carbonyl (C=O) groups is 2. The summed E-state index contributed by atoms with van der Waals surface area (Å²) >= 11 is 5.95. The first-order valence-electron chi connectivity index (χ1n) is 4.74. The van der Waals surface area contributed by atoms with Crippen molar-refractivity contribution in [2.24, 2.45) is 23.2 Å². The number of amides is 4. The van der Waals surface area contributed by atoms with Gasteiger partial charge in [0.25, 0.3) is 0 Å². The second-order valence-corrected chi connectivity index (χ2v) is 3.90. The molecular formula is C9H13ClN6O2. The standard InChI is InChI=1S/C9H13ClN6O2/c1-4-6(10)2-5(15(13)8(11)17)3-7(4)16(14)9(12)18/h2-3H,13-14H2,1H3,(H2,11,17)(H2,12,18). The maximum absolute atomic E-state index is 11.0. The van der Waals surface area contributed by atoms with Gasteiger partial charge in [-0.25, -0.2) is 31.3 Å². The third-order valence-electron chi connectivity index (χ3n) is 2.31. The van der Waals surface area contributed by atoms with Gasteiger partial charge in [0.05, 0.1) is 11.4 Å². The Balaban J connectivity index is 3.35. The van der Waals surface area contributed by atoms with Crippen LogP contribution in [0.1, 0.15) is 5.56 Å². The van der Waals surface area contributed by atoms with Gasteiger partial charge in [0.1, 0.15) is 0 Å². The highest BCUT2D eigenvalue weighted by atomic mass is 35.5. The monoisotopic (exact) mass is 272 g/mol. The molecule has 0 saturated carbocycles. The summed E-state index contributed by atoms with van der Waals surface area (Å²) in [6.45, 7) is 1.63. The topological polar surface area (TPSA) is 145 Å². The molecule has 98 valence electrons. The number of carbonyl (C=O) groups excluding carboxylic acids is 2. The molecule has 0 atom stereocenters. The number of urea groups is 2. The molecule has 8 N–H and O–H groups in total. The van der Waals surface area contributed by atoms with Gasteiger partial charge in [-0.2, -0.15) is 0 Å². The Morgan fingerprint density at radius 3 is 2.06 bits per heavy atom. The minimum atomic E-state index is -0.886. The molecule has 0 radical (unpaired) electrons. The third-order valence-corrected chi connectivity index (χ3v) is 2.71. The number of hydrogen-bond acceptors (Lipinski definition) is 4. The summed E-state index contributed by atoms with van der Waals surface area (Å²) in [4.78, 5) is 22.0.